The van der Waals surface area contributed by atoms with Gasteiger partial charge in [-0.15, -0.1) is 11.3 Å². The van der Waals surface area contributed by atoms with Crippen LogP contribution in [0.1, 0.15) is 0 Å². The molecule has 0 spiro atoms. The molecule has 0 radical (unpaired) electrons. The second-order valence-electron chi connectivity index (χ2n) is 4.73. The smallest absolute Gasteiger partial charge is 0.250 e. The Hall–Kier alpha value is -1.94. The van der Waals surface area contributed by atoms with Gasteiger partial charge in [-0.25, -0.2) is 23.1 Å². The van der Waals surface area contributed by atoms with E-state index in [1.165, 1.54) is 12.4 Å². The minimum absolute atomic E-state index is 0.199. The molecular formula is C14H14ClN5O2S2. The Kier molecular flexibility index (Phi) is 5.14. The van der Waals surface area contributed by atoms with Crippen molar-refractivity contribution in [1.29, 1.82) is 0 Å². The predicted molar refractivity (Wildman–Crippen MR) is 94.4 cm³/mol. The van der Waals surface area contributed by atoms with Gasteiger partial charge >= 0.3 is 0 Å². The van der Waals surface area contributed by atoms with Crippen LogP contribution in [0.2, 0.25) is 4.34 Å². The number of thiophene rings is 1. The maximum absolute atomic E-state index is 12.1. The number of rotatable bonds is 7. The normalized spacial score (nSPS) is 11.5. The van der Waals surface area contributed by atoms with Crippen LogP contribution < -0.4 is 10.0 Å². The van der Waals surface area contributed by atoms with Crippen LogP contribution in [0, 0.1) is 0 Å². The zero-order valence-electron chi connectivity index (χ0n) is 12.4. The summed E-state index contributed by atoms with van der Waals surface area (Å²) >= 11 is 6.78. The first kappa shape index (κ1) is 16.9. The number of hydrogen-bond acceptors (Lipinski definition) is 6. The summed E-state index contributed by atoms with van der Waals surface area (Å²) in [7, 11) is -3.53. The third-order valence-electron chi connectivity index (χ3n) is 3.06. The van der Waals surface area contributed by atoms with Crippen LogP contribution in [0.15, 0.2) is 53.3 Å². The van der Waals surface area contributed by atoms with E-state index in [4.69, 9.17) is 11.6 Å². The molecule has 0 aliphatic rings. The molecule has 0 aliphatic carbocycles. The lowest BCUT2D eigenvalue weighted by molar-refractivity contribution is 0.585. The molecule has 0 atom stereocenters. The molecule has 3 aromatic rings. The van der Waals surface area contributed by atoms with E-state index < -0.39 is 10.0 Å². The fourth-order valence-corrected chi connectivity index (χ4v) is 4.52. The monoisotopic (exact) mass is 383 g/mol. The van der Waals surface area contributed by atoms with Crippen molar-refractivity contribution in [3.8, 4) is 5.82 Å². The highest BCUT2D eigenvalue weighted by Gasteiger charge is 2.15. The van der Waals surface area contributed by atoms with E-state index in [9.17, 15) is 8.42 Å². The topological polar surface area (TPSA) is 88.9 Å². The molecule has 0 unspecified atom stereocenters. The van der Waals surface area contributed by atoms with Gasteiger partial charge in [-0.2, -0.15) is 0 Å². The summed E-state index contributed by atoms with van der Waals surface area (Å²) in [6.07, 6.45) is 5.22. The Bertz CT molecular complexity index is 909. The quantitative estimate of drug-likeness (QED) is 0.611. The third-order valence-corrected chi connectivity index (χ3v) is 6.24. The molecule has 10 heteroatoms. The first-order valence-electron chi connectivity index (χ1n) is 6.99. The molecule has 0 amide bonds. The van der Waals surface area contributed by atoms with Crippen molar-refractivity contribution >= 4 is 38.8 Å². The van der Waals surface area contributed by atoms with Crippen molar-refractivity contribution in [3.63, 3.8) is 0 Å². The molecule has 3 rings (SSSR count). The summed E-state index contributed by atoms with van der Waals surface area (Å²) in [5.74, 6) is 1.35. The highest BCUT2D eigenvalue weighted by molar-refractivity contribution is 7.91. The maximum atomic E-state index is 12.1. The molecule has 0 saturated heterocycles. The number of halogens is 1. The molecule has 126 valence electrons. The van der Waals surface area contributed by atoms with E-state index >= 15 is 0 Å². The Morgan fingerprint density at radius 2 is 1.96 bits per heavy atom. The average Bonchev–Trinajstić information content (AvgIpc) is 3.23. The van der Waals surface area contributed by atoms with Crippen molar-refractivity contribution in [1.82, 2.24) is 19.3 Å². The molecule has 0 aromatic carbocycles. The summed E-state index contributed by atoms with van der Waals surface area (Å²) in [5.41, 5.74) is 0. The molecular weight excluding hydrogens is 370 g/mol. The fourth-order valence-electron chi connectivity index (χ4n) is 1.96. The molecule has 0 aliphatic heterocycles. The van der Waals surface area contributed by atoms with Gasteiger partial charge in [-0.3, -0.25) is 0 Å². The SMILES string of the molecule is O=S(=O)(NCCNc1cc(-n2cccc2)ncn1)c1ccc(Cl)s1. The zero-order valence-corrected chi connectivity index (χ0v) is 14.8. The molecule has 24 heavy (non-hydrogen) atoms. The number of sulfonamides is 1. The van der Waals surface area contributed by atoms with Gasteiger partial charge in [0.25, 0.3) is 0 Å². The molecule has 2 N–H and O–H groups in total. The van der Waals surface area contributed by atoms with E-state index in [0.29, 0.717) is 16.7 Å². The van der Waals surface area contributed by atoms with Gasteiger partial charge in [0.05, 0.1) is 4.34 Å². The van der Waals surface area contributed by atoms with E-state index in [2.05, 4.69) is 20.0 Å². The number of nitrogens with one attached hydrogen (secondary N) is 2. The second kappa shape index (κ2) is 7.31. The average molecular weight is 384 g/mol. The number of hydrogen-bond donors (Lipinski definition) is 2. The summed E-state index contributed by atoms with van der Waals surface area (Å²) in [6.45, 7) is 0.612. The summed E-state index contributed by atoms with van der Waals surface area (Å²) in [5, 5.41) is 3.06. The zero-order chi connectivity index (χ0) is 17.0. The largest absolute Gasteiger partial charge is 0.369 e. The first-order chi connectivity index (χ1) is 11.5. The number of aromatic nitrogens is 3. The Balaban J connectivity index is 1.54. The highest BCUT2D eigenvalue weighted by Crippen LogP contribution is 2.25. The van der Waals surface area contributed by atoms with Crippen LogP contribution >= 0.6 is 22.9 Å². The van der Waals surface area contributed by atoms with Gasteiger partial charge in [0.15, 0.2) is 0 Å². The fraction of sp³-hybridized carbons (Fsp3) is 0.143. The van der Waals surface area contributed by atoms with E-state index in [-0.39, 0.29) is 10.8 Å². The summed E-state index contributed by atoms with van der Waals surface area (Å²) < 4.78 is 29.1. The van der Waals surface area contributed by atoms with Gasteiger partial charge in [0, 0.05) is 31.5 Å². The third kappa shape index (κ3) is 4.12. The van der Waals surface area contributed by atoms with Crippen LogP contribution in [0.3, 0.4) is 0 Å². The van der Waals surface area contributed by atoms with Crippen LogP contribution in [0.5, 0.6) is 0 Å². The highest BCUT2D eigenvalue weighted by atomic mass is 35.5. The van der Waals surface area contributed by atoms with Crippen molar-refractivity contribution in [3.05, 3.63) is 53.4 Å². The number of nitrogens with zero attached hydrogens (tertiary/aromatic N) is 3. The maximum Gasteiger partial charge on any atom is 0.250 e. The molecule has 0 saturated carbocycles. The van der Waals surface area contributed by atoms with Crippen molar-refractivity contribution in [2.45, 2.75) is 4.21 Å². The van der Waals surface area contributed by atoms with Crippen LogP contribution in [0.4, 0.5) is 5.82 Å². The molecule has 7 nitrogen and oxygen atoms in total. The van der Waals surface area contributed by atoms with Gasteiger partial charge in [0.1, 0.15) is 22.2 Å². The second-order valence-corrected chi connectivity index (χ2v) is 8.44. The summed E-state index contributed by atoms with van der Waals surface area (Å²) in [4.78, 5) is 8.30. The van der Waals surface area contributed by atoms with Crippen LogP contribution in [-0.2, 0) is 10.0 Å². The number of anilines is 1. The van der Waals surface area contributed by atoms with Gasteiger partial charge in [0.2, 0.25) is 10.0 Å². The van der Waals surface area contributed by atoms with E-state index in [1.54, 1.807) is 12.1 Å². The van der Waals surface area contributed by atoms with Gasteiger partial charge in [-0.1, -0.05) is 11.6 Å². The van der Waals surface area contributed by atoms with Crippen molar-refractivity contribution in [2.75, 3.05) is 18.4 Å². The summed E-state index contributed by atoms with van der Waals surface area (Å²) in [6, 6.07) is 8.63. The lowest BCUT2D eigenvalue weighted by atomic mass is 10.5. The molecule has 0 bridgehead atoms. The Labute approximate surface area is 148 Å². The standard InChI is InChI=1S/C14H14ClN5O2S2/c15-11-3-4-14(23-11)24(21,22)19-6-5-16-12-9-13(18-10-17-12)20-7-1-2-8-20/h1-4,7-10,19H,5-6H2,(H,16,17,18). The minimum atomic E-state index is -3.53. The van der Waals surface area contributed by atoms with E-state index in [1.807, 2.05) is 29.1 Å². The van der Waals surface area contributed by atoms with E-state index in [0.717, 1.165) is 17.2 Å². The first-order valence-corrected chi connectivity index (χ1v) is 9.67. The van der Waals surface area contributed by atoms with Gasteiger partial charge < -0.3 is 9.88 Å². The molecule has 3 aromatic heterocycles. The predicted octanol–water partition coefficient (Wildman–Crippen LogP) is 2.37. The Morgan fingerprint density at radius 3 is 2.67 bits per heavy atom. The van der Waals surface area contributed by atoms with Gasteiger partial charge in [-0.05, 0) is 24.3 Å². The molecule has 0 fully saturated rings. The Morgan fingerprint density at radius 1 is 1.17 bits per heavy atom. The molecule has 3 heterocycles. The lowest BCUT2D eigenvalue weighted by Crippen LogP contribution is -2.28. The van der Waals surface area contributed by atoms with Crippen LogP contribution in [-0.4, -0.2) is 36.0 Å². The lowest BCUT2D eigenvalue weighted by Gasteiger charge is -2.08. The van der Waals surface area contributed by atoms with Crippen molar-refractivity contribution in [2.24, 2.45) is 0 Å². The minimum Gasteiger partial charge on any atom is -0.369 e. The van der Waals surface area contributed by atoms with Crippen LogP contribution in [0.25, 0.3) is 5.82 Å². The van der Waals surface area contributed by atoms with Crippen molar-refractivity contribution < 1.29 is 8.42 Å².